The van der Waals surface area contributed by atoms with Gasteiger partial charge in [-0.1, -0.05) is 42.5 Å². The van der Waals surface area contributed by atoms with Crippen LogP contribution < -0.4 is 0 Å². The molecule has 3 nitrogen and oxygen atoms in total. The second-order valence-corrected chi connectivity index (χ2v) is 5.38. The lowest BCUT2D eigenvalue weighted by atomic mass is 10.1. The Morgan fingerprint density at radius 3 is 2.43 bits per heavy atom. The van der Waals surface area contributed by atoms with Crippen LogP contribution in [-0.2, 0) is 0 Å². The van der Waals surface area contributed by atoms with Crippen molar-refractivity contribution in [1.29, 1.82) is 0 Å². The van der Waals surface area contributed by atoms with Gasteiger partial charge in [-0.05, 0) is 12.1 Å². The predicted octanol–water partition coefficient (Wildman–Crippen LogP) is 4.31. The van der Waals surface area contributed by atoms with Crippen molar-refractivity contribution in [2.75, 3.05) is 0 Å². The lowest BCUT2D eigenvalue weighted by molar-refractivity contribution is 0.0702. The maximum Gasteiger partial charge on any atom is 0.348 e. The van der Waals surface area contributed by atoms with Crippen LogP contribution in [0.3, 0.4) is 0 Å². The fourth-order valence-electron chi connectivity index (χ4n) is 2.00. The van der Waals surface area contributed by atoms with E-state index in [0.29, 0.717) is 16.3 Å². The molecule has 0 bridgehead atoms. The molecule has 0 radical (unpaired) electrons. The Morgan fingerprint density at radius 2 is 1.76 bits per heavy atom. The van der Waals surface area contributed by atoms with E-state index in [1.165, 1.54) is 12.1 Å². The summed E-state index contributed by atoms with van der Waals surface area (Å²) in [6, 6.07) is 15.1. The van der Waals surface area contributed by atoms with Crippen LogP contribution in [0.15, 0.2) is 54.6 Å². The summed E-state index contributed by atoms with van der Waals surface area (Å²) in [7, 11) is 0. The topological polar surface area (TPSA) is 50.2 Å². The van der Waals surface area contributed by atoms with Crippen LogP contribution in [0.25, 0.3) is 21.8 Å². The van der Waals surface area contributed by atoms with Gasteiger partial charge in [-0.15, -0.1) is 11.3 Å². The highest BCUT2D eigenvalue weighted by Gasteiger charge is 2.19. The zero-order chi connectivity index (χ0) is 14.8. The number of aromatic nitrogens is 1. The Bertz CT molecular complexity index is 799. The van der Waals surface area contributed by atoms with Crippen molar-refractivity contribution in [2.24, 2.45) is 0 Å². The first-order valence-corrected chi connectivity index (χ1v) is 7.02. The number of carbonyl (C=O) groups is 1. The summed E-state index contributed by atoms with van der Waals surface area (Å²) in [6.07, 6.45) is 0. The Labute approximate surface area is 124 Å². The highest BCUT2D eigenvalue weighted by Crippen LogP contribution is 2.33. The Balaban J connectivity index is 2.15. The van der Waals surface area contributed by atoms with Crippen molar-refractivity contribution in [3.8, 4) is 21.8 Å². The minimum atomic E-state index is -1.03. The van der Waals surface area contributed by atoms with Crippen molar-refractivity contribution < 1.29 is 14.3 Å². The smallest absolute Gasteiger partial charge is 0.348 e. The zero-order valence-corrected chi connectivity index (χ0v) is 11.6. The number of aromatic carboxylic acids is 1. The van der Waals surface area contributed by atoms with E-state index >= 15 is 0 Å². The monoisotopic (exact) mass is 299 g/mol. The minimum absolute atomic E-state index is 0.153. The van der Waals surface area contributed by atoms with E-state index in [2.05, 4.69) is 4.98 Å². The van der Waals surface area contributed by atoms with E-state index in [0.717, 1.165) is 16.9 Å². The fraction of sp³-hybridized carbons (Fsp3) is 0. The van der Waals surface area contributed by atoms with Gasteiger partial charge in [0.15, 0.2) is 0 Å². The van der Waals surface area contributed by atoms with Gasteiger partial charge in [-0.25, -0.2) is 14.2 Å². The van der Waals surface area contributed by atoms with Crippen LogP contribution in [0.1, 0.15) is 9.67 Å². The third-order valence-electron chi connectivity index (χ3n) is 2.94. The van der Waals surface area contributed by atoms with Crippen LogP contribution >= 0.6 is 11.3 Å². The van der Waals surface area contributed by atoms with Crippen LogP contribution in [0.2, 0.25) is 0 Å². The molecular weight excluding hydrogens is 289 g/mol. The molecule has 1 N–H and O–H groups in total. The van der Waals surface area contributed by atoms with E-state index in [4.69, 9.17) is 0 Å². The molecular formula is C16H10FNO2S. The van der Waals surface area contributed by atoms with Crippen molar-refractivity contribution >= 4 is 17.3 Å². The summed E-state index contributed by atoms with van der Waals surface area (Å²) >= 11 is 1.05. The molecule has 1 aromatic heterocycles. The van der Waals surface area contributed by atoms with E-state index in [-0.39, 0.29) is 10.7 Å². The summed E-state index contributed by atoms with van der Waals surface area (Å²) < 4.78 is 13.3. The summed E-state index contributed by atoms with van der Waals surface area (Å²) in [4.78, 5) is 15.9. The Morgan fingerprint density at radius 1 is 1.05 bits per heavy atom. The van der Waals surface area contributed by atoms with Gasteiger partial charge >= 0.3 is 5.97 Å². The Hall–Kier alpha value is -2.53. The highest BCUT2D eigenvalue weighted by molar-refractivity contribution is 7.17. The zero-order valence-electron chi connectivity index (χ0n) is 10.8. The maximum absolute atomic E-state index is 13.3. The number of hydrogen-bond acceptors (Lipinski definition) is 3. The number of hydrogen-bond donors (Lipinski definition) is 1. The largest absolute Gasteiger partial charge is 0.477 e. The summed E-state index contributed by atoms with van der Waals surface area (Å²) in [6.45, 7) is 0. The maximum atomic E-state index is 13.3. The molecule has 0 saturated heterocycles. The molecule has 0 aliphatic rings. The molecule has 104 valence electrons. The number of rotatable bonds is 3. The molecule has 0 aliphatic carbocycles. The van der Waals surface area contributed by atoms with Gasteiger partial charge in [-0.2, -0.15) is 0 Å². The Kier molecular flexibility index (Phi) is 3.50. The van der Waals surface area contributed by atoms with E-state index in [1.807, 2.05) is 18.2 Å². The highest BCUT2D eigenvalue weighted by atomic mass is 32.1. The molecule has 0 fully saturated rings. The average molecular weight is 299 g/mol. The lowest BCUT2D eigenvalue weighted by Crippen LogP contribution is -1.95. The normalized spacial score (nSPS) is 10.5. The standard InChI is InChI=1S/C16H10FNO2S/c17-12-8-4-7-11(9-12)15-18-13(14(21-15)16(19)20)10-5-2-1-3-6-10/h1-9H,(H,19,20). The average Bonchev–Trinajstić information content (AvgIpc) is 2.93. The molecule has 0 aliphatic heterocycles. The van der Waals surface area contributed by atoms with Crippen LogP contribution in [-0.4, -0.2) is 16.1 Å². The number of halogens is 1. The number of benzene rings is 2. The first kappa shape index (κ1) is 13.5. The fourth-order valence-corrected chi connectivity index (χ4v) is 2.92. The predicted molar refractivity (Wildman–Crippen MR) is 79.9 cm³/mol. The van der Waals surface area contributed by atoms with Gasteiger partial charge < -0.3 is 5.11 Å². The first-order chi connectivity index (χ1) is 10.1. The molecule has 5 heteroatoms. The van der Waals surface area contributed by atoms with Gasteiger partial charge in [0.25, 0.3) is 0 Å². The molecule has 0 unspecified atom stereocenters. The van der Waals surface area contributed by atoms with Gasteiger partial charge in [0.1, 0.15) is 15.7 Å². The van der Waals surface area contributed by atoms with Crippen LogP contribution in [0.5, 0.6) is 0 Å². The molecule has 0 saturated carbocycles. The second-order valence-electron chi connectivity index (χ2n) is 4.38. The first-order valence-electron chi connectivity index (χ1n) is 6.20. The van der Waals surface area contributed by atoms with Gasteiger partial charge in [-0.3, -0.25) is 0 Å². The van der Waals surface area contributed by atoms with Crippen molar-refractivity contribution in [2.45, 2.75) is 0 Å². The molecule has 0 atom stereocenters. The van der Waals surface area contributed by atoms with Crippen molar-refractivity contribution in [3.63, 3.8) is 0 Å². The minimum Gasteiger partial charge on any atom is -0.477 e. The SMILES string of the molecule is O=C(O)c1sc(-c2cccc(F)c2)nc1-c1ccccc1. The molecule has 0 spiro atoms. The van der Waals surface area contributed by atoms with Crippen LogP contribution in [0.4, 0.5) is 4.39 Å². The number of thiazole rings is 1. The van der Waals surface area contributed by atoms with E-state index in [9.17, 15) is 14.3 Å². The quantitative estimate of drug-likeness (QED) is 0.783. The number of nitrogens with zero attached hydrogens (tertiary/aromatic N) is 1. The number of carboxylic acid groups (broad SMARTS) is 1. The number of carboxylic acids is 1. The summed E-state index contributed by atoms with van der Waals surface area (Å²) in [5.74, 6) is -1.41. The van der Waals surface area contributed by atoms with Crippen molar-refractivity contribution in [3.05, 3.63) is 65.3 Å². The van der Waals surface area contributed by atoms with Gasteiger partial charge in [0, 0.05) is 11.1 Å². The molecule has 3 rings (SSSR count). The van der Waals surface area contributed by atoms with E-state index < -0.39 is 5.97 Å². The van der Waals surface area contributed by atoms with Crippen LogP contribution in [0, 0.1) is 5.82 Å². The molecule has 0 amide bonds. The van der Waals surface area contributed by atoms with Gasteiger partial charge in [0.2, 0.25) is 0 Å². The lowest BCUT2D eigenvalue weighted by Gasteiger charge is -1.98. The molecule has 21 heavy (non-hydrogen) atoms. The summed E-state index contributed by atoms with van der Waals surface area (Å²) in [5.41, 5.74) is 1.71. The van der Waals surface area contributed by atoms with E-state index in [1.54, 1.807) is 24.3 Å². The molecule has 3 aromatic rings. The third kappa shape index (κ3) is 2.68. The third-order valence-corrected chi connectivity index (χ3v) is 4.03. The molecule has 1 heterocycles. The van der Waals surface area contributed by atoms with Gasteiger partial charge in [0.05, 0.1) is 5.69 Å². The summed E-state index contributed by atoms with van der Waals surface area (Å²) in [5, 5.41) is 9.83. The second kappa shape index (κ2) is 5.46. The molecule has 2 aromatic carbocycles. The van der Waals surface area contributed by atoms with Crippen molar-refractivity contribution in [1.82, 2.24) is 4.98 Å².